The van der Waals surface area contributed by atoms with Crippen LogP contribution in [0, 0.1) is 11.3 Å². The molecule has 8 nitrogen and oxygen atoms in total. The number of esters is 2. The lowest BCUT2D eigenvalue weighted by atomic mass is 9.81. The van der Waals surface area contributed by atoms with E-state index < -0.39 is 17.9 Å². The van der Waals surface area contributed by atoms with Gasteiger partial charge in [0.2, 0.25) is 0 Å². The average molecular weight is 508 g/mol. The molecule has 0 fully saturated rings. The Hall–Kier alpha value is -5.16. The smallest absolute Gasteiger partial charge is 0.355 e. The molecule has 0 saturated heterocycles. The van der Waals surface area contributed by atoms with Crippen LogP contribution < -0.4 is 10.6 Å². The minimum atomic E-state index is -0.937. The van der Waals surface area contributed by atoms with Gasteiger partial charge in [-0.1, -0.05) is 60.7 Å². The second kappa shape index (κ2) is 10.8. The summed E-state index contributed by atoms with van der Waals surface area (Å²) in [6, 6.07) is 25.2. The fraction of sp³-hybridized carbons (Fsp3) is 0.133. The first-order valence-corrected chi connectivity index (χ1v) is 11.7. The van der Waals surface area contributed by atoms with Gasteiger partial charge in [-0.15, -0.1) is 0 Å². The Morgan fingerprint density at radius 1 is 0.868 bits per heavy atom. The van der Waals surface area contributed by atoms with E-state index in [4.69, 9.17) is 15.2 Å². The molecule has 38 heavy (non-hydrogen) atoms. The fourth-order valence-corrected chi connectivity index (χ4v) is 4.50. The largest absolute Gasteiger partial charge is 0.466 e. The maximum Gasteiger partial charge on any atom is 0.355 e. The molecule has 3 aromatic rings. The lowest BCUT2D eigenvalue weighted by molar-refractivity contribution is -0.139. The Bertz CT molecular complexity index is 1520. The van der Waals surface area contributed by atoms with Crippen LogP contribution in [0.2, 0.25) is 0 Å². The van der Waals surface area contributed by atoms with Gasteiger partial charge >= 0.3 is 11.9 Å². The van der Waals surface area contributed by atoms with Crippen LogP contribution in [0.3, 0.4) is 0 Å². The number of ether oxygens (including phenoxy) is 2. The molecule has 0 amide bonds. The summed E-state index contributed by atoms with van der Waals surface area (Å²) in [4.78, 5) is 39.5. The van der Waals surface area contributed by atoms with Crippen LogP contribution in [0.1, 0.15) is 28.8 Å². The normalized spacial score (nSPS) is 15.1. The van der Waals surface area contributed by atoms with Gasteiger partial charge in [-0.05, 0) is 41.8 Å². The maximum absolute atomic E-state index is 13.2. The Balaban J connectivity index is 1.92. The van der Waals surface area contributed by atoms with E-state index in [1.54, 1.807) is 72.8 Å². The molecule has 0 saturated carbocycles. The molecule has 0 bridgehead atoms. The first-order chi connectivity index (χ1) is 18.3. The first-order valence-electron chi connectivity index (χ1n) is 11.7. The van der Waals surface area contributed by atoms with Crippen molar-refractivity contribution in [3.8, 4) is 17.2 Å². The zero-order valence-corrected chi connectivity index (χ0v) is 21.1. The highest BCUT2D eigenvalue weighted by Gasteiger charge is 2.42. The quantitative estimate of drug-likeness (QED) is 0.383. The van der Waals surface area contributed by atoms with Crippen molar-refractivity contribution in [2.24, 2.45) is 5.73 Å². The summed E-state index contributed by atoms with van der Waals surface area (Å²) in [6.45, 7) is 1.50. The highest BCUT2D eigenvalue weighted by Crippen LogP contribution is 2.43. The van der Waals surface area contributed by atoms with E-state index in [9.17, 15) is 19.6 Å². The molecule has 8 heteroatoms. The van der Waals surface area contributed by atoms with Crippen LogP contribution in [0.25, 0.3) is 11.1 Å². The molecule has 0 aliphatic carbocycles. The number of ketones is 1. The van der Waals surface area contributed by atoms with Gasteiger partial charge < -0.3 is 15.2 Å². The number of methoxy groups -OCH3 is 2. The molecule has 0 aromatic heterocycles. The van der Waals surface area contributed by atoms with Gasteiger partial charge in [0.1, 0.15) is 11.5 Å². The number of carbonyl (C=O) groups is 3. The van der Waals surface area contributed by atoms with Gasteiger partial charge in [0.15, 0.2) is 5.78 Å². The van der Waals surface area contributed by atoms with Crippen molar-refractivity contribution < 1.29 is 23.9 Å². The monoisotopic (exact) mass is 507 g/mol. The van der Waals surface area contributed by atoms with Crippen molar-refractivity contribution in [3.05, 3.63) is 113 Å². The van der Waals surface area contributed by atoms with Crippen molar-refractivity contribution in [2.45, 2.75) is 12.8 Å². The van der Waals surface area contributed by atoms with Crippen LogP contribution in [-0.2, 0) is 19.1 Å². The Labute approximate surface area is 220 Å². The molecule has 1 unspecified atom stereocenters. The number of nitrogens with two attached hydrogens (primary N) is 1. The third kappa shape index (κ3) is 4.65. The van der Waals surface area contributed by atoms with E-state index in [1.165, 1.54) is 26.0 Å². The molecular weight excluding hydrogens is 482 g/mol. The summed E-state index contributed by atoms with van der Waals surface area (Å²) in [5.74, 6) is -2.60. The highest BCUT2D eigenvalue weighted by atomic mass is 16.5. The predicted molar refractivity (Wildman–Crippen MR) is 141 cm³/mol. The van der Waals surface area contributed by atoms with Gasteiger partial charge in [0.25, 0.3) is 0 Å². The van der Waals surface area contributed by atoms with Gasteiger partial charge in [-0.25, -0.2) is 9.59 Å². The number of hydrogen-bond donors (Lipinski definition) is 1. The number of benzene rings is 3. The summed E-state index contributed by atoms with van der Waals surface area (Å²) in [6.07, 6.45) is 0. The van der Waals surface area contributed by atoms with Crippen molar-refractivity contribution in [2.75, 3.05) is 19.1 Å². The van der Waals surface area contributed by atoms with Gasteiger partial charge in [-0.3, -0.25) is 9.69 Å². The van der Waals surface area contributed by atoms with E-state index in [-0.39, 0.29) is 28.4 Å². The molecular formula is C30H25N3O5. The second-order valence-corrected chi connectivity index (χ2v) is 8.52. The molecule has 190 valence electrons. The molecule has 1 atom stereocenters. The summed E-state index contributed by atoms with van der Waals surface area (Å²) < 4.78 is 10.1. The van der Waals surface area contributed by atoms with Crippen LogP contribution >= 0.6 is 0 Å². The summed E-state index contributed by atoms with van der Waals surface area (Å²) >= 11 is 0. The highest BCUT2D eigenvalue weighted by molar-refractivity contribution is 6.06. The maximum atomic E-state index is 13.2. The zero-order valence-electron chi connectivity index (χ0n) is 21.1. The average Bonchev–Trinajstić information content (AvgIpc) is 2.96. The van der Waals surface area contributed by atoms with E-state index in [0.717, 1.165) is 11.1 Å². The van der Waals surface area contributed by atoms with Gasteiger partial charge in [0, 0.05) is 11.3 Å². The van der Waals surface area contributed by atoms with Crippen LogP contribution in [-0.4, -0.2) is 31.9 Å². The van der Waals surface area contributed by atoms with E-state index in [1.807, 2.05) is 6.07 Å². The number of anilines is 1. The molecule has 0 radical (unpaired) electrons. The lowest BCUT2D eigenvalue weighted by Gasteiger charge is -2.36. The second-order valence-electron chi connectivity index (χ2n) is 8.52. The fourth-order valence-electron chi connectivity index (χ4n) is 4.50. The molecule has 0 spiro atoms. The minimum absolute atomic E-state index is 0.0132. The first kappa shape index (κ1) is 25.9. The number of Topliss-reactive ketones (excluding diaryl/α,β-unsaturated/α-hetero) is 1. The number of carbonyl (C=O) groups excluding carboxylic acids is 3. The summed E-state index contributed by atoms with van der Waals surface area (Å²) in [7, 11) is 2.40. The number of allylic oxidation sites excluding steroid dienone is 1. The van der Waals surface area contributed by atoms with Crippen molar-refractivity contribution >= 4 is 23.4 Å². The van der Waals surface area contributed by atoms with E-state index >= 15 is 0 Å². The molecule has 1 aliphatic heterocycles. The summed E-state index contributed by atoms with van der Waals surface area (Å²) in [5.41, 5.74) is 9.66. The van der Waals surface area contributed by atoms with Crippen molar-refractivity contribution in [1.29, 1.82) is 5.26 Å². The number of nitrogens with zero attached hydrogens (tertiary/aromatic N) is 2. The molecule has 2 N–H and O–H groups in total. The zero-order chi connectivity index (χ0) is 27.4. The number of hydrogen-bond acceptors (Lipinski definition) is 8. The number of rotatable bonds is 6. The third-order valence-electron chi connectivity index (χ3n) is 6.34. The minimum Gasteiger partial charge on any atom is -0.466 e. The molecule has 1 aliphatic rings. The standard InChI is InChI=1S/C30H25N3O5/c1-18(34)21-10-7-11-22(16-21)19-12-14-23(15-13-19)33-27(30(36)38-3)26(29(35)37-2)25(24(17-31)28(33)32)20-8-5-4-6-9-20/h4-16,25H,32H2,1-3H3. The topological polar surface area (TPSA) is 123 Å². The molecule has 4 rings (SSSR count). The van der Waals surface area contributed by atoms with Crippen molar-refractivity contribution in [1.82, 2.24) is 0 Å². The van der Waals surface area contributed by atoms with Gasteiger partial charge in [0.05, 0.1) is 37.4 Å². The Kier molecular flexibility index (Phi) is 7.40. The van der Waals surface area contributed by atoms with E-state index in [2.05, 4.69) is 6.07 Å². The lowest BCUT2D eigenvalue weighted by Crippen LogP contribution is -2.40. The predicted octanol–water partition coefficient (Wildman–Crippen LogP) is 4.45. The Morgan fingerprint density at radius 3 is 2.11 bits per heavy atom. The summed E-state index contributed by atoms with van der Waals surface area (Å²) in [5, 5.41) is 10.1. The Morgan fingerprint density at radius 2 is 1.53 bits per heavy atom. The molecule has 3 aromatic carbocycles. The van der Waals surface area contributed by atoms with E-state index in [0.29, 0.717) is 16.8 Å². The molecule has 1 heterocycles. The van der Waals surface area contributed by atoms with Crippen molar-refractivity contribution in [3.63, 3.8) is 0 Å². The number of nitriles is 1. The van der Waals surface area contributed by atoms with Crippen LogP contribution in [0.4, 0.5) is 5.69 Å². The SMILES string of the molecule is COC(=O)C1=C(C(=O)OC)N(c2ccc(-c3cccc(C(C)=O)c3)cc2)C(N)=C(C#N)C1c1ccccc1. The van der Waals surface area contributed by atoms with Crippen LogP contribution in [0.15, 0.2) is 102 Å². The van der Waals surface area contributed by atoms with Gasteiger partial charge in [-0.2, -0.15) is 5.26 Å². The van der Waals surface area contributed by atoms with Crippen LogP contribution in [0.5, 0.6) is 0 Å². The third-order valence-corrected chi connectivity index (χ3v) is 6.34.